The van der Waals surface area contributed by atoms with Gasteiger partial charge in [-0.2, -0.15) is 4.57 Å². The molecule has 2 heteroatoms. The van der Waals surface area contributed by atoms with E-state index in [2.05, 4.69) is 59.1 Å². The maximum atomic E-state index is 3.04. The molecule has 0 aliphatic rings. The van der Waals surface area contributed by atoms with Crippen LogP contribution in [0.4, 0.5) is 0 Å². The number of rotatable bonds is 3. The Balaban J connectivity index is 2.24. The van der Waals surface area contributed by atoms with Crippen molar-refractivity contribution in [2.45, 2.75) is 13.5 Å². The van der Waals surface area contributed by atoms with Gasteiger partial charge in [0, 0.05) is 30.6 Å². The van der Waals surface area contributed by atoms with E-state index in [1.807, 2.05) is 12.4 Å². The van der Waals surface area contributed by atoms with Gasteiger partial charge >= 0.3 is 0 Å². The smallest absolute Gasteiger partial charge is 0.205 e. The molecular formula is C13H15N2+. The Bertz CT molecular complexity index is 441. The molecule has 2 heterocycles. The Morgan fingerprint density at radius 2 is 2.20 bits per heavy atom. The maximum Gasteiger partial charge on any atom is 0.205 e. The van der Waals surface area contributed by atoms with Gasteiger partial charge in [-0.15, -0.1) is 0 Å². The van der Waals surface area contributed by atoms with Crippen LogP contribution in [0.25, 0.3) is 12.2 Å². The molecule has 0 radical (unpaired) electrons. The predicted molar refractivity (Wildman–Crippen MR) is 62.0 cm³/mol. The molecule has 0 atom stereocenters. The molecular weight excluding hydrogens is 184 g/mol. The average molecular weight is 199 g/mol. The lowest BCUT2D eigenvalue weighted by Crippen LogP contribution is -2.34. The zero-order valence-electron chi connectivity index (χ0n) is 8.85. The fourth-order valence-corrected chi connectivity index (χ4v) is 1.55. The van der Waals surface area contributed by atoms with Crippen LogP contribution >= 0.6 is 0 Å². The van der Waals surface area contributed by atoms with Crippen LogP contribution in [-0.4, -0.2) is 4.98 Å². The van der Waals surface area contributed by atoms with Gasteiger partial charge in [-0.3, -0.25) is 0 Å². The molecule has 0 saturated heterocycles. The first-order chi connectivity index (χ1) is 7.40. The van der Waals surface area contributed by atoms with Crippen LogP contribution in [-0.2, 0) is 6.54 Å². The highest BCUT2D eigenvalue weighted by Crippen LogP contribution is 2.03. The molecule has 15 heavy (non-hydrogen) atoms. The molecule has 1 N–H and O–H groups in total. The van der Waals surface area contributed by atoms with E-state index in [1.54, 1.807) is 0 Å². The van der Waals surface area contributed by atoms with Gasteiger partial charge in [-0.25, -0.2) is 0 Å². The minimum atomic E-state index is 0.994. The minimum Gasteiger partial charge on any atom is -0.367 e. The second kappa shape index (κ2) is 4.60. The van der Waals surface area contributed by atoms with Gasteiger partial charge in [0.25, 0.3) is 0 Å². The molecule has 76 valence electrons. The number of nitrogens with one attached hydrogen (secondary N) is 1. The molecule has 0 unspecified atom stereocenters. The normalized spacial score (nSPS) is 11.0. The number of nitrogens with zero attached hydrogens (tertiary/aromatic N) is 1. The predicted octanol–water partition coefficient (Wildman–Crippen LogP) is 2.49. The molecule has 0 aliphatic heterocycles. The highest BCUT2D eigenvalue weighted by molar-refractivity contribution is 5.66. The fraction of sp³-hybridized carbons (Fsp3) is 0.154. The summed E-state index contributed by atoms with van der Waals surface area (Å²) < 4.78 is 2.21. The van der Waals surface area contributed by atoms with Gasteiger partial charge < -0.3 is 4.98 Å². The van der Waals surface area contributed by atoms with Crippen molar-refractivity contribution in [3.8, 4) is 0 Å². The summed E-state index contributed by atoms with van der Waals surface area (Å²) in [5.41, 5.74) is 2.42. The third kappa shape index (κ3) is 2.34. The van der Waals surface area contributed by atoms with Crippen molar-refractivity contribution in [2.24, 2.45) is 0 Å². The van der Waals surface area contributed by atoms with Crippen molar-refractivity contribution in [1.29, 1.82) is 0 Å². The van der Waals surface area contributed by atoms with E-state index in [-0.39, 0.29) is 0 Å². The minimum absolute atomic E-state index is 0.994. The molecule has 0 aliphatic carbocycles. The first kappa shape index (κ1) is 9.71. The molecule has 2 nitrogen and oxygen atoms in total. The summed E-state index contributed by atoms with van der Waals surface area (Å²) in [6.07, 6.45) is 10.2. The third-order valence-corrected chi connectivity index (χ3v) is 2.38. The molecule has 2 aromatic rings. The lowest BCUT2D eigenvalue weighted by molar-refractivity contribution is -0.695. The van der Waals surface area contributed by atoms with Crippen LogP contribution in [0.2, 0.25) is 0 Å². The lowest BCUT2D eigenvalue weighted by atomic mass is 10.2. The van der Waals surface area contributed by atoms with Gasteiger partial charge in [0.05, 0.1) is 0 Å². The van der Waals surface area contributed by atoms with Crippen molar-refractivity contribution in [1.82, 2.24) is 4.98 Å². The van der Waals surface area contributed by atoms with E-state index < -0.39 is 0 Å². The van der Waals surface area contributed by atoms with Gasteiger partial charge in [0.1, 0.15) is 6.54 Å². The van der Waals surface area contributed by atoms with Crippen LogP contribution in [0.1, 0.15) is 18.2 Å². The van der Waals surface area contributed by atoms with E-state index in [4.69, 9.17) is 0 Å². The standard InChI is InChI=1S/C13H14N2/c1-2-15-10-4-3-5-13(15)7-6-12-8-9-14-11-12/h3-11H,2H2,1H3/p+1. The molecule has 0 saturated carbocycles. The molecule has 2 aromatic heterocycles. The summed E-state index contributed by atoms with van der Waals surface area (Å²) in [5, 5.41) is 0. The molecule has 2 rings (SSSR count). The second-order valence-corrected chi connectivity index (χ2v) is 3.39. The Hall–Kier alpha value is -1.83. The summed E-state index contributed by atoms with van der Waals surface area (Å²) in [6, 6.07) is 8.28. The fourth-order valence-electron chi connectivity index (χ4n) is 1.55. The van der Waals surface area contributed by atoms with Gasteiger partial charge in [0.15, 0.2) is 6.20 Å². The number of pyridine rings is 1. The topological polar surface area (TPSA) is 19.7 Å². The SMILES string of the molecule is CC[n+]1ccccc1/C=C/c1cc[nH]c1. The number of aromatic nitrogens is 2. The van der Waals surface area contributed by atoms with E-state index in [0.717, 1.165) is 6.54 Å². The van der Waals surface area contributed by atoms with Crippen LogP contribution in [0.15, 0.2) is 42.9 Å². The highest BCUT2D eigenvalue weighted by atomic mass is 14.9. The monoisotopic (exact) mass is 199 g/mol. The Morgan fingerprint density at radius 3 is 2.93 bits per heavy atom. The summed E-state index contributed by atoms with van der Waals surface area (Å²) in [4.78, 5) is 3.04. The Morgan fingerprint density at radius 1 is 1.27 bits per heavy atom. The summed E-state index contributed by atoms with van der Waals surface area (Å²) in [5.74, 6) is 0. The quantitative estimate of drug-likeness (QED) is 0.733. The summed E-state index contributed by atoms with van der Waals surface area (Å²) >= 11 is 0. The van der Waals surface area contributed by atoms with Crippen LogP contribution in [0.3, 0.4) is 0 Å². The summed E-state index contributed by atoms with van der Waals surface area (Å²) in [6.45, 7) is 3.14. The van der Waals surface area contributed by atoms with Crippen LogP contribution in [0, 0.1) is 0 Å². The van der Waals surface area contributed by atoms with E-state index in [9.17, 15) is 0 Å². The largest absolute Gasteiger partial charge is 0.367 e. The summed E-state index contributed by atoms with van der Waals surface area (Å²) in [7, 11) is 0. The number of hydrogen-bond donors (Lipinski definition) is 1. The number of aryl methyl sites for hydroxylation is 1. The van der Waals surface area contributed by atoms with Crippen LogP contribution < -0.4 is 4.57 Å². The first-order valence-electron chi connectivity index (χ1n) is 5.19. The molecule has 0 aromatic carbocycles. The van der Waals surface area contributed by atoms with Crippen molar-refractivity contribution in [2.75, 3.05) is 0 Å². The van der Waals surface area contributed by atoms with Crippen LogP contribution in [0.5, 0.6) is 0 Å². The third-order valence-electron chi connectivity index (χ3n) is 2.38. The second-order valence-electron chi connectivity index (χ2n) is 3.39. The van der Waals surface area contributed by atoms with Gasteiger partial charge in [-0.1, -0.05) is 0 Å². The molecule has 0 amide bonds. The first-order valence-corrected chi connectivity index (χ1v) is 5.19. The van der Waals surface area contributed by atoms with E-state index >= 15 is 0 Å². The zero-order valence-corrected chi connectivity index (χ0v) is 8.85. The number of H-pyrrole nitrogens is 1. The number of aromatic amines is 1. The highest BCUT2D eigenvalue weighted by Gasteiger charge is 2.01. The van der Waals surface area contributed by atoms with Crippen molar-refractivity contribution < 1.29 is 4.57 Å². The van der Waals surface area contributed by atoms with E-state index in [0.29, 0.717) is 0 Å². The average Bonchev–Trinajstić information content (AvgIpc) is 2.79. The van der Waals surface area contributed by atoms with Crippen molar-refractivity contribution in [3.05, 3.63) is 54.1 Å². The Kier molecular flexibility index (Phi) is 2.98. The molecule has 0 fully saturated rings. The van der Waals surface area contributed by atoms with Crippen molar-refractivity contribution in [3.63, 3.8) is 0 Å². The molecule has 0 spiro atoms. The van der Waals surface area contributed by atoms with Gasteiger partial charge in [-0.05, 0) is 30.7 Å². The maximum absolute atomic E-state index is 3.04. The van der Waals surface area contributed by atoms with Gasteiger partial charge in [0.2, 0.25) is 5.69 Å². The lowest BCUT2D eigenvalue weighted by Gasteiger charge is -1.95. The number of hydrogen-bond acceptors (Lipinski definition) is 0. The zero-order chi connectivity index (χ0) is 10.5. The van der Waals surface area contributed by atoms with Crippen molar-refractivity contribution >= 4 is 12.2 Å². The molecule has 0 bridgehead atoms. The van der Waals surface area contributed by atoms with E-state index in [1.165, 1.54) is 11.3 Å². The Labute approximate surface area is 89.9 Å².